The normalized spacial score (nSPS) is 25.7. The lowest BCUT2D eigenvalue weighted by Crippen LogP contribution is -2.35. The van der Waals surface area contributed by atoms with Crippen molar-refractivity contribution in [2.45, 2.75) is 31.5 Å². The van der Waals surface area contributed by atoms with Gasteiger partial charge in [0.05, 0.1) is 6.54 Å². The average molecular weight is 263 g/mol. The van der Waals surface area contributed by atoms with E-state index in [1.54, 1.807) is 19.2 Å². The second kappa shape index (κ2) is 4.70. The minimum atomic E-state index is -0.251. The van der Waals surface area contributed by atoms with Crippen molar-refractivity contribution in [3.8, 4) is 0 Å². The summed E-state index contributed by atoms with van der Waals surface area (Å²) in [6, 6.07) is 3.94. The summed E-state index contributed by atoms with van der Waals surface area (Å²) in [6.07, 6.45) is 1.55. The van der Waals surface area contributed by atoms with Gasteiger partial charge in [-0.2, -0.15) is 0 Å². The third-order valence-corrected chi connectivity index (χ3v) is 3.86. The Balaban J connectivity index is 1.72. The van der Waals surface area contributed by atoms with Crippen LogP contribution in [0.15, 0.2) is 16.5 Å². The number of furan rings is 1. The molecule has 0 spiro atoms. The van der Waals surface area contributed by atoms with E-state index in [1.165, 1.54) is 0 Å². The molecule has 6 nitrogen and oxygen atoms in total. The Labute approximate surface area is 111 Å². The highest BCUT2D eigenvalue weighted by molar-refractivity contribution is 5.91. The molecule has 2 aliphatic heterocycles. The molecule has 1 aromatic rings. The molecule has 102 valence electrons. The summed E-state index contributed by atoms with van der Waals surface area (Å²) < 4.78 is 5.47. The molecule has 2 atom stereocenters. The molecule has 0 bridgehead atoms. The van der Waals surface area contributed by atoms with Crippen molar-refractivity contribution in [1.82, 2.24) is 15.5 Å². The summed E-state index contributed by atoms with van der Waals surface area (Å²) in [5.41, 5.74) is 0. The Bertz CT molecular complexity index is 511. The Morgan fingerprint density at radius 2 is 2.42 bits per heavy atom. The number of fused-ring (bicyclic) bond motifs is 1. The number of nitrogens with one attached hydrogen (secondary N) is 2. The van der Waals surface area contributed by atoms with Gasteiger partial charge >= 0.3 is 0 Å². The van der Waals surface area contributed by atoms with Crippen LogP contribution in [0.25, 0.3) is 0 Å². The Hall–Kier alpha value is -1.82. The summed E-state index contributed by atoms with van der Waals surface area (Å²) in [6.45, 7) is 1.40. The van der Waals surface area contributed by atoms with E-state index in [1.807, 2.05) is 4.90 Å². The van der Waals surface area contributed by atoms with E-state index in [4.69, 9.17) is 4.42 Å². The van der Waals surface area contributed by atoms with Gasteiger partial charge in [0, 0.05) is 25.6 Å². The summed E-state index contributed by atoms with van der Waals surface area (Å²) >= 11 is 0. The number of likely N-dealkylation sites (tertiary alicyclic amines) is 1. The molecular weight excluding hydrogens is 246 g/mol. The van der Waals surface area contributed by atoms with Crippen molar-refractivity contribution < 1.29 is 14.0 Å². The van der Waals surface area contributed by atoms with Crippen LogP contribution in [-0.4, -0.2) is 42.4 Å². The van der Waals surface area contributed by atoms with Crippen LogP contribution in [0.4, 0.5) is 0 Å². The zero-order valence-electron chi connectivity index (χ0n) is 10.8. The van der Waals surface area contributed by atoms with E-state index in [0.717, 1.165) is 13.0 Å². The Kier molecular flexibility index (Phi) is 3.02. The average Bonchev–Trinajstić information content (AvgIpc) is 3.08. The van der Waals surface area contributed by atoms with Crippen molar-refractivity contribution >= 4 is 11.8 Å². The predicted octanol–water partition coefficient (Wildman–Crippen LogP) is 0.102. The van der Waals surface area contributed by atoms with Crippen LogP contribution < -0.4 is 10.6 Å². The lowest BCUT2D eigenvalue weighted by molar-refractivity contribution is -0.129. The quantitative estimate of drug-likeness (QED) is 0.811. The van der Waals surface area contributed by atoms with Crippen LogP contribution in [-0.2, 0) is 11.3 Å². The lowest BCUT2D eigenvalue weighted by atomic mass is 10.1. The largest absolute Gasteiger partial charge is 0.454 e. The van der Waals surface area contributed by atoms with E-state index in [-0.39, 0.29) is 29.7 Å². The van der Waals surface area contributed by atoms with Crippen LogP contribution in [0.5, 0.6) is 0 Å². The molecule has 6 heteroatoms. The summed E-state index contributed by atoms with van der Waals surface area (Å²) in [7, 11) is 1.56. The van der Waals surface area contributed by atoms with Gasteiger partial charge in [-0.3, -0.25) is 9.59 Å². The molecule has 3 heterocycles. The van der Waals surface area contributed by atoms with Gasteiger partial charge in [0.25, 0.3) is 5.91 Å². The lowest BCUT2D eigenvalue weighted by Gasteiger charge is -2.22. The van der Waals surface area contributed by atoms with Crippen LogP contribution in [0, 0.1) is 0 Å². The van der Waals surface area contributed by atoms with Crippen molar-refractivity contribution in [2.24, 2.45) is 0 Å². The van der Waals surface area contributed by atoms with Gasteiger partial charge < -0.3 is 20.0 Å². The van der Waals surface area contributed by atoms with Gasteiger partial charge in [0.1, 0.15) is 5.76 Å². The molecule has 0 aliphatic carbocycles. The molecule has 0 radical (unpaired) electrons. The van der Waals surface area contributed by atoms with Gasteiger partial charge in [0.2, 0.25) is 5.91 Å². The first-order chi connectivity index (χ1) is 9.19. The number of carbonyl (C=O) groups excluding carboxylic acids is 2. The van der Waals surface area contributed by atoms with Crippen LogP contribution >= 0.6 is 0 Å². The van der Waals surface area contributed by atoms with E-state index in [2.05, 4.69) is 10.6 Å². The smallest absolute Gasteiger partial charge is 0.286 e. The first-order valence-corrected chi connectivity index (χ1v) is 6.52. The summed E-state index contributed by atoms with van der Waals surface area (Å²) in [4.78, 5) is 25.2. The molecule has 0 saturated carbocycles. The molecule has 2 saturated heterocycles. The Morgan fingerprint density at radius 3 is 3.21 bits per heavy atom. The standard InChI is InChI=1S/C13H17N3O3/c1-14-13(18)11-3-2-8(19-11)7-16-10-4-5-15-9(10)6-12(16)17/h2-3,9-10,15H,4-7H2,1H3,(H,14,18)/t9-,10-/m1/s1. The molecule has 3 rings (SSSR count). The molecule has 2 aliphatic rings. The van der Waals surface area contributed by atoms with Crippen LogP contribution in [0.1, 0.15) is 29.2 Å². The number of rotatable bonds is 3. The highest BCUT2D eigenvalue weighted by atomic mass is 16.4. The molecule has 1 aromatic heterocycles. The zero-order chi connectivity index (χ0) is 13.4. The van der Waals surface area contributed by atoms with E-state index >= 15 is 0 Å². The molecular formula is C13H17N3O3. The van der Waals surface area contributed by atoms with Crippen molar-refractivity contribution in [3.05, 3.63) is 23.7 Å². The molecule has 2 amide bonds. The first kappa shape index (κ1) is 12.2. The fourth-order valence-corrected chi connectivity index (χ4v) is 2.91. The first-order valence-electron chi connectivity index (χ1n) is 6.52. The maximum Gasteiger partial charge on any atom is 0.286 e. The van der Waals surface area contributed by atoms with E-state index in [0.29, 0.717) is 18.7 Å². The maximum absolute atomic E-state index is 12.0. The highest BCUT2D eigenvalue weighted by Crippen LogP contribution is 2.28. The monoisotopic (exact) mass is 263 g/mol. The van der Waals surface area contributed by atoms with Gasteiger partial charge in [-0.05, 0) is 25.1 Å². The minimum absolute atomic E-state index is 0.153. The summed E-state index contributed by atoms with van der Waals surface area (Å²) in [5, 5.41) is 5.85. The number of hydrogen-bond donors (Lipinski definition) is 2. The molecule has 2 N–H and O–H groups in total. The Morgan fingerprint density at radius 1 is 1.58 bits per heavy atom. The van der Waals surface area contributed by atoms with Crippen molar-refractivity contribution in [3.63, 3.8) is 0 Å². The summed E-state index contributed by atoms with van der Waals surface area (Å²) in [5.74, 6) is 0.837. The maximum atomic E-state index is 12.0. The molecule has 0 aromatic carbocycles. The van der Waals surface area contributed by atoms with Crippen LogP contribution in [0.3, 0.4) is 0 Å². The fourth-order valence-electron chi connectivity index (χ4n) is 2.91. The van der Waals surface area contributed by atoms with E-state index in [9.17, 15) is 9.59 Å². The molecule has 0 unspecified atom stereocenters. The number of hydrogen-bond acceptors (Lipinski definition) is 4. The third-order valence-electron chi connectivity index (χ3n) is 3.86. The number of amides is 2. The molecule has 19 heavy (non-hydrogen) atoms. The van der Waals surface area contributed by atoms with E-state index < -0.39 is 0 Å². The van der Waals surface area contributed by atoms with Gasteiger partial charge in [-0.25, -0.2) is 0 Å². The van der Waals surface area contributed by atoms with Gasteiger partial charge in [-0.1, -0.05) is 0 Å². The van der Waals surface area contributed by atoms with Crippen LogP contribution in [0.2, 0.25) is 0 Å². The highest BCUT2D eigenvalue weighted by Gasteiger charge is 2.42. The minimum Gasteiger partial charge on any atom is -0.454 e. The third kappa shape index (κ3) is 2.12. The fraction of sp³-hybridized carbons (Fsp3) is 0.538. The van der Waals surface area contributed by atoms with Gasteiger partial charge in [-0.15, -0.1) is 0 Å². The zero-order valence-corrected chi connectivity index (χ0v) is 10.8. The number of carbonyl (C=O) groups is 2. The second-order valence-corrected chi connectivity index (χ2v) is 4.99. The van der Waals surface area contributed by atoms with Crippen molar-refractivity contribution in [1.29, 1.82) is 0 Å². The van der Waals surface area contributed by atoms with Crippen molar-refractivity contribution in [2.75, 3.05) is 13.6 Å². The SMILES string of the molecule is CNC(=O)c1ccc(CN2C(=O)C[C@H]3NCC[C@H]32)o1. The number of nitrogens with zero attached hydrogens (tertiary/aromatic N) is 1. The predicted molar refractivity (Wildman–Crippen MR) is 67.5 cm³/mol. The second-order valence-electron chi connectivity index (χ2n) is 4.99. The van der Waals surface area contributed by atoms with Gasteiger partial charge in [0.15, 0.2) is 5.76 Å². The molecule has 2 fully saturated rings. The topological polar surface area (TPSA) is 74.6 Å².